The number of hydrogen-bond donors (Lipinski definition) is 2. The maximum atomic E-state index is 13.0. The van der Waals surface area contributed by atoms with Crippen LogP contribution in [0.5, 0.6) is 0 Å². The van der Waals surface area contributed by atoms with Gasteiger partial charge in [-0.3, -0.25) is 0 Å². The van der Waals surface area contributed by atoms with Gasteiger partial charge in [-0.2, -0.15) is 13.2 Å². The van der Waals surface area contributed by atoms with E-state index in [1.807, 2.05) is 17.5 Å². The first-order valence-electron chi connectivity index (χ1n) is 6.05. The summed E-state index contributed by atoms with van der Waals surface area (Å²) in [6.45, 7) is 0.0353. The lowest BCUT2D eigenvalue weighted by Gasteiger charge is -2.21. The van der Waals surface area contributed by atoms with Crippen molar-refractivity contribution in [2.75, 3.05) is 6.61 Å². The Morgan fingerprint density at radius 2 is 1.90 bits per heavy atom. The minimum atomic E-state index is -4.42. The molecule has 2 aromatic rings. The topological polar surface area (TPSA) is 32.3 Å². The first kappa shape index (κ1) is 15.0. The van der Waals surface area contributed by atoms with Crippen LogP contribution in [0.15, 0.2) is 41.8 Å². The summed E-state index contributed by atoms with van der Waals surface area (Å²) in [7, 11) is 0. The zero-order chi connectivity index (χ0) is 14.6. The quantitative estimate of drug-likeness (QED) is 0.884. The molecule has 1 aromatic carbocycles. The molecule has 0 saturated heterocycles. The van der Waals surface area contributed by atoms with Gasteiger partial charge in [-0.05, 0) is 23.1 Å². The zero-order valence-corrected chi connectivity index (χ0v) is 11.3. The second-order valence-electron chi connectivity index (χ2n) is 4.28. The molecule has 2 nitrogen and oxygen atoms in total. The van der Waals surface area contributed by atoms with Crippen LogP contribution in [0.1, 0.15) is 22.0 Å². The van der Waals surface area contributed by atoms with Crippen LogP contribution in [0.2, 0.25) is 0 Å². The predicted octanol–water partition coefficient (Wildman–Crippen LogP) is 3.59. The van der Waals surface area contributed by atoms with Gasteiger partial charge in [0.25, 0.3) is 0 Å². The fraction of sp³-hybridized carbons (Fsp3) is 0.286. The molecule has 0 saturated carbocycles. The average molecular weight is 301 g/mol. The Morgan fingerprint density at radius 3 is 2.50 bits per heavy atom. The maximum absolute atomic E-state index is 13.0. The Bertz CT molecular complexity index is 540. The molecule has 0 aliphatic heterocycles. The molecular weight excluding hydrogens is 287 g/mol. The van der Waals surface area contributed by atoms with E-state index in [-0.39, 0.29) is 5.56 Å². The summed E-state index contributed by atoms with van der Waals surface area (Å²) in [4.78, 5) is 1.01. The van der Waals surface area contributed by atoms with E-state index in [1.54, 1.807) is 6.07 Å². The van der Waals surface area contributed by atoms with Crippen LogP contribution in [0.25, 0.3) is 0 Å². The molecule has 0 radical (unpaired) electrons. The number of nitrogens with one attached hydrogen (secondary N) is 1. The highest BCUT2D eigenvalue weighted by Crippen LogP contribution is 2.34. The van der Waals surface area contributed by atoms with Gasteiger partial charge >= 0.3 is 6.18 Å². The van der Waals surface area contributed by atoms with E-state index >= 15 is 0 Å². The summed E-state index contributed by atoms with van der Waals surface area (Å²) < 4.78 is 38.9. The summed E-state index contributed by atoms with van der Waals surface area (Å²) in [6, 6.07) is 8.34. The second-order valence-corrected chi connectivity index (χ2v) is 5.31. The summed E-state index contributed by atoms with van der Waals surface area (Å²) in [6.07, 6.45) is -4.42. The molecular formula is C14H14F3NOS. The van der Waals surface area contributed by atoms with Crippen molar-refractivity contribution < 1.29 is 18.3 Å². The minimum absolute atomic E-state index is 0.0686. The molecule has 108 valence electrons. The van der Waals surface area contributed by atoms with Crippen molar-refractivity contribution in [2.24, 2.45) is 0 Å². The highest BCUT2D eigenvalue weighted by atomic mass is 32.1. The van der Waals surface area contributed by atoms with Crippen molar-refractivity contribution in [3.63, 3.8) is 0 Å². The van der Waals surface area contributed by atoms with Gasteiger partial charge in [0.1, 0.15) is 0 Å². The van der Waals surface area contributed by atoms with Gasteiger partial charge in [0, 0.05) is 11.4 Å². The molecule has 0 spiro atoms. The molecule has 2 N–H and O–H groups in total. The Morgan fingerprint density at radius 1 is 1.15 bits per heavy atom. The smallest absolute Gasteiger partial charge is 0.394 e. The van der Waals surface area contributed by atoms with Crippen molar-refractivity contribution in [1.29, 1.82) is 0 Å². The van der Waals surface area contributed by atoms with Crippen molar-refractivity contribution in [2.45, 2.75) is 18.8 Å². The number of rotatable bonds is 5. The molecule has 1 atom stereocenters. The zero-order valence-electron chi connectivity index (χ0n) is 10.5. The third kappa shape index (κ3) is 3.59. The minimum Gasteiger partial charge on any atom is -0.394 e. The summed E-state index contributed by atoms with van der Waals surface area (Å²) in [5.74, 6) is 0. The summed E-state index contributed by atoms with van der Waals surface area (Å²) >= 11 is 1.51. The number of aliphatic hydroxyl groups excluding tert-OH is 1. The molecule has 0 bridgehead atoms. The highest BCUT2D eigenvalue weighted by molar-refractivity contribution is 7.09. The highest BCUT2D eigenvalue weighted by Gasteiger charge is 2.34. The Balaban J connectivity index is 2.19. The summed E-state index contributed by atoms with van der Waals surface area (Å²) in [5, 5.41) is 14.2. The fourth-order valence-corrected chi connectivity index (χ4v) is 2.62. The number of thiophene rings is 1. The van der Waals surface area contributed by atoms with Crippen LogP contribution in [-0.4, -0.2) is 11.7 Å². The number of benzene rings is 1. The molecule has 0 amide bonds. The van der Waals surface area contributed by atoms with Crippen molar-refractivity contribution >= 4 is 11.3 Å². The Kier molecular flexibility index (Phi) is 4.80. The van der Waals surface area contributed by atoms with E-state index in [2.05, 4.69) is 5.32 Å². The van der Waals surface area contributed by atoms with Crippen LogP contribution in [0, 0.1) is 0 Å². The van der Waals surface area contributed by atoms with Gasteiger partial charge in [-0.15, -0.1) is 11.3 Å². The maximum Gasteiger partial charge on any atom is 0.416 e. The van der Waals surface area contributed by atoms with Crippen molar-refractivity contribution in [3.8, 4) is 0 Å². The van der Waals surface area contributed by atoms with E-state index in [1.165, 1.54) is 23.5 Å². The standard InChI is InChI=1S/C14H14F3NOS/c15-14(16,17)12-6-2-1-5-11(12)13(9-19)18-8-10-4-3-7-20-10/h1-7,13,18-19H,8-9H2. The van der Waals surface area contributed by atoms with Crippen LogP contribution in [0.4, 0.5) is 13.2 Å². The fourth-order valence-electron chi connectivity index (χ4n) is 1.97. The normalized spacial score (nSPS) is 13.4. The lowest BCUT2D eigenvalue weighted by atomic mass is 10.0. The molecule has 0 aliphatic rings. The van der Waals surface area contributed by atoms with Crippen LogP contribution in [-0.2, 0) is 12.7 Å². The predicted molar refractivity (Wildman–Crippen MR) is 72.4 cm³/mol. The van der Waals surface area contributed by atoms with Crippen LogP contribution < -0.4 is 5.32 Å². The summed E-state index contributed by atoms with van der Waals surface area (Å²) in [5.41, 5.74) is -0.642. The van der Waals surface area contributed by atoms with E-state index in [4.69, 9.17) is 0 Å². The van der Waals surface area contributed by atoms with Crippen LogP contribution >= 0.6 is 11.3 Å². The Labute approximate surface area is 118 Å². The van der Waals surface area contributed by atoms with Gasteiger partial charge in [-0.25, -0.2) is 0 Å². The van der Waals surface area contributed by atoms with Gasteiger partial charge in [0.05, 0.1) is 18.2 Å². The molecule has 0 fully saturated rings. The first-order valence-corrected chi connectivity index (χ1v) is 6.93. The lowest BCUT2D eigenvalue weighted by molar-refractivity contribution is -0.138. The number of halogens is 3. The van der Waals surface area contributed by atoms with E-state index in [0.717, 1.165) is 10.9 Å². The van der Waals surface area contributed by atoms with Gasteiger partial charge < -0.3 is 10.4 Å². The van der Waals surface area contributed by atoms with Crippen molar-refractivity contribution in [3.05, 3.63) is 57.8 Å². The van der Waals surface area contributed by atoms with Crippen molar-refractivity contribution in [1.82, 2.24) is 5.32 Å². The van der Waals surface area contributed by atoms with Gasteiger partial charge in [0.2, 0.25) is 0 Å². The molecule has 6 heteroatoms. The Hall–Kier alpha value is -1.37. The monoisotopic (exact) mass is 301 g/mol. The first-order chi connectivity index (χ1) is 9.52. The van der Waals surface area contributed by atoms with E-state index in [0.29, 0.717) is 6.54 Å². The largest absolute Gasteiger partial charge is 0.416 e. The molecule has 0 aliphatic carbocycles. The molecule has 1 unspecified atom stereocenters. The third-order valence-corrected chi connectivity index (χ3v) is 3.80. The number of aliphatic hydroxyl groups is 1. The van der Waals surface area contributed by atoms with E-state index < -0.39 is 24.4 Å². The molecule has 1 aromatic heterocycles. The van der Waals surface area contributed by atoms with E-state index in [9.17, 15) is 18.3 Å². The number of alkyl halides is 3. The average Bonchev–Trinajstić information content (AvgIpc) is 2.92. The van der Waals surface area contributed by atoms with Gasteiger partial charge in [0.15, 0.2) is 0 Å². The third-order valence-electron chi connectivity index (χ3n) is 2.93. The number of hydrogen-bond acceptors (Lipinski definition) is 3. The molecule has 2 rings (SSSR count). The molecule has 20 heavy (non-hydrogen) atoms. The lowest BCUT2D eigenvalue weighted by Crippen LogP contribution is -2.26. The van der Waals surface area contributed by atoms with Gasteiger partial charge in [-0.1, -0.05) is 24.3 Å². The second kappa shape index (κ2) is 6.39. The van der Waals surface area contributed by atoms with Crippen LogP contribution in [0.3, 0.4) is 0 Å². The molecule has 1 heterocycles. The SMILES string of the molecule is OCC(NCc1cccs1)c1ccccc1C(F)(F)F.